The molecule has 0 aliphatic carbocycles. The van der Waals surface area contributed by atoms with Gasteiger partial charge in [0.15, 0.2) is 0 Å². The SMILES string of the molecule is [N-]=[N+]=NCCC(O)C(O)c1cnccc1C(F)(F)F. The summed E-state index contributed by atoms with van der Waals surface area (Å²) in [4.78, 5) is 5.94. The highest BCUT2D eigenvalue weighted by Gasteiger charge is 2.36. The van der Waals surface area contributed by atoms with E-state index >= 15 is 0 Å². The fourth-order valence-electron chi connectivity index (χ4n) is 1.50. The summed E-state index contributed by atoms with van der Waals surface area (Å²) >= 11 is 0. The first-order chi connectivity index (χ1) is 8.88. The van der Waals surface area contributed by atoms with Crippen molar-refractivity contribution in [2.45, 2.75) is 24.8 Å². The number of aromatic nitrogens is 1. The minimum atomic E-state index is -4.65. The van der Waals surface area contributed by atoms with E-state index in [1.54, 1.807) is 0 Å². The van der Waals surface area contributed by atoms with Gasteiger partial charge in [-0.25, -0.2) is 0 Å². The van der Waals surface area contributed by atoms with E-state index in [0.717, 1.165) is 18.5 Å². The predicted molar refractivity (Wildman–Crippen MR) is 58.8 cm³/mol. The summed E-state index contributed by atoms with van der Waals surface area (Å²) in [7, 11) is 0. The van der Waals surface area contributed by atoms with E-state index in [-0.39, 0.29) is 13.0 Å². The van der Waals surface area contributed by atoms with Crippen molar-refractivity contribution in [3.05, 3.63) is 40.0 Å². The quantitative estimate of drug-likeness (QED) is 0.489. The number of alkyl halides is 3. The van der Waals surface area contributed by atoms with Crippen molar-refractivity contribution < 1.29 is 23.4 Å². The second-order valence-electron chi connectivity index (χ2n) is 3.72. The molecule has 1 rings (SSSR count). The van der Waals surface area contributed by atoms with Crippen LogP contribution in [-0.2, 0) is 6.18 Å². The van der Waals surface area contributed by atoms with Crippen LogP contribution in [0.25, 0.3) is 10.4 Å². The molecule has 104 valence electrons. The van der Waals surface area contributed by atoms with Crippen molar-refractivity contribution in [1.29, 1.82) is 0 Å². The van der Waals surface area contributed by atoms with Crippen LogP contribution in [0.4, 0.5) is 13.2 Å². The zero-order chi connectivity index (χ0) is 14.5. The molecule has 9 heteroatoms. The molecule has 2 N–H and O–H groups in total. The third-order valence-corrected chi connectivity index (χ3v) is 2.43. The van der Waals surface area contributed by atoms with E-state index in [9.17, 15) is 23.4 Å². The molecule has 6 nitrogen and oxygen atoms in total. The van der Waals surface area contributed by atoms with Crippen LogP contribution in [0.2, 0.25) is 0 Å². The molecule has 1 heterocycles. The van der Waals surface area contributed by atoms with Gasteiger partial charge in [-0.2, -0.15) is 13.2 Å². The van der Waals surface area contributed by atoms with Crippen molar-refractivity contribution in [3.63, 3.8) is 0 Å². The number of azide groups is 1. The topological polar surface area (TPSA) is 102 Å². The van der Waals surface area contributed by atoms with Gasteiger partial charge in [0.1, 0.15) is 6.10 Å². The third kappa shape index (κ3) is 4.09. The van der Waals surface area contributed by atoms with E-state index < -0.39 is 29.5 Å². The third-order valence-electron chi connectivity index (χ3n) is 2.43. The molecule has 0 bridgehead atoms. The molecule has 0 radical (unpaired) electrons. The maximum absolute atomic E-state index is 12.7. The molecule has 19 heavy (non-hydrogen) atoms. The molecular formula is C10H11F3N4O2. The lowest BCUT2D eigenvalue weighted by atomic mass is 9.99. The molecule has 0 spiro atoms. The van der Waals surface area contributed by atoms with E-state index in [4.69, 9.17) is 5.53 Å². The standard InChI is InChI=1S/C10H11F3N4O2/c11-10(12,13)7-1-3-15-5-6(7)9(19)8(18)2-4-16-17-14/h1,3,5,8-9,18-19H,2,4H2. The van der Waals surface area contributed by atoms with E-state index in [1.807, 2.05) is 0 Å². The van der Waals surface area contributed by atoms with Gasteiger partial charge in [0.25, 0.3) is 0 Å². The Morgan fingerprint density at radius 1 is 1.42 bits per heavy atom. The second kappa shape index (κ2) is 6.37. The molecule has 0 saturated carbocycles. The fraction of sp³-hybridized carbons (Fsp3) is 0.500. The number of aliphatic hydroxyl groups excluding tert-OH is 2. The van der Waals surface area contributed by atoms with Crippen molar-refractivity contribution >= 4 is 0 Å². The van der Waals surface area contributed by atoms with Crippen LogP contribution >= 0.6 is 0 Å². The highest BCUT2D eigenvalue weighted by atomic mass is 19.4. The summed E-state index contributed by atoms with van der Waals surface area (Å²) in [5, 5.41) is 22.4. The van der Waals surface area contributed by atoms with E-state index in [0.29, 0.717) is 0 Å². The fourth-order valence-corrected chi connectivity index (χ4v) is 1.50. The van der Waals surface area contributed by atoms with Crippen LogP contribution in [0, 0.1) is 0 Å². The largest absolute Gasteiger partial charge is 0.416 e. The molecule has 2 atom stereocenters. The molecule has 1 aromatic heterocycles. The van der Waals surface area contributed by atoms with Crippen LogP contribution in [0.1, 0.15) is 23.7 Å². The van der Waals surface area contributed by atoms with Crippen LogP contribution in [0.15, 0.2) is 23.6 Å². The van der Waals surface area contributed by atoms with Gasteiger partial charge in [-0.1, -0.05) is 5.11 Å². The molecule has 2 unspecified atom stereocenters. The zero-order valence-corrected chi connectivity index (χ0v) is 9.62. The van der Waals surface area contributed by atoms with Crippen LogP contribution < -0.4 is 0 Å². The summed E-state index contributed by atoms with van der Waals surface area (Å²) < 4.78 is 38.1. The Balaban J connectivity index is 2.93. The van der Waals surface area contributed by atoms with E-state index in [1.165, 1.54) is 0 Å². The number of halogens is 3. The van der Waals surface area contributed by atoms with Crippen LogP contribution in [0.3, 0.4) is 0 Å². The molecule has 0 amide bonds. The second-order valence-corrected chi connectivity index (χ2v) is 3.72. The minimum Gasteiger partial charge on any atom is -0.390 e. The summed E-state index contributed by atoms with van der Waals surface area (Å²) in [6, 6.07) is 0.721. The maximum atomic E-state index is 12.7. The lowest BCUT2D eigenvalue weighted by molar-refractivity contribution is -0.140. The average Bonchev–Trinajstić information content (AvgIpc) is 2.37. The number of aliphatic hydroxyl groups is 2. The van der Waals surface area contributed by atoms with Crippen molar-refractivity contribution in [2.24, 2.45) is 5.11 Å². The lowest BCUT2D eigenvalue weighted by Crippen LogP contribution is -2.22. The first-order valence-electron chi connectivity index (χ1n) is 5.26. The zero-order valence-electron chi connectivity index (χ0n) is 9.62. The number of pyridine rings is 1. The molecule has 0 saturated heterocycles. The normalized spacial score (nSPS) is 14.6. The lowest BCUT2D eigenvalue weighted by Gasteiger charge is -2.20. The van der Waals surface area contributed by atoms with Gasteiger partial charge < -0.3 is 10.2 Å². The number of hydrogen-bond acceptors (Lipinski definition) is 4. The minimum absolute atomic E-state index is 0.129. The number of rotatable bonds is 5. The predicted octanol–water partition coefficient (Wildman–Crippen LogP) is 2.20. The molecule has 0 aliphatic heterocycles. The van der Waals surface area contributed by atoms with Gasteiger partial charge in [0, 0.05) is 29.4 Å². The molecule has 0 fully saturated rings. The first kappa shape index (κ1) is 15.2. The molecular weight excluding hydrogens is 265 g/mol. The van der Waals surface area contributed by atoms with Crippen LogP contribution in [0.5, 0.6) is 0 Å². The number of hydrogen-bond donors (Lipinski definition) is 2. The van der Waals surface area contributed by atoms with Crippen molar-refractivity contribution in [2.75, 3.05) is 6.54 Å². The number of nitrogens with zero attached hydrogens (tertiary/aromatic N) is 4. The van der Waals surface area contributed by atoms with Gasteiger partial charge in [-0.15, -0.1) is 0 Å². The van der Waals surface area contributed by atoms with Crippen LogP contribution in [-0.4, -0.2) is 27.8 Å². The van der Waals surface area contributed by atoms with Gasteiger partial charge in [-0.05, 0) is 18.0 Å². The Hall–Kier alpha value is -1.83. The Bertz CT molecular complexity index is 474. The first-order valence-corrected chi connectivity index (χ1v) is 5.26. The molecule has 1 aromatic rings. The van der Waals surface area contributed by atoms with Gasteiger partial charge >= 0.3 is 6.18 Å². The molecule has 0 aliphatic rings. The monoisotopic (exact) mass is 276 g/mol. The summed E-state index contributed by atoms with van der Waals surface area (Å²) in [6.45, 7) is -0.129. The average molecular weight is 276 g/mol. The molecule has 0 aromatic carbocycles. The summed E-state index contributed by atoms with van der Waals surface area (Å²) in [5.41, 5.74) is 6.47. The highest BCUT2D eigenvalue weighted by Crippen LogP contribution is 2.35. The Labute approximate surface area is 106 Å². The Kier molecular flexibility index (Phi) is 5.11. The highest BCUT2D eigenvalue weighted by molar-refractivity contribution is 5.28. The summed E-state index contributed by atoms with van der Waals surface area (Å²) in [5.74, 6) is 0. The maximum Gasteiger partial charge on any atom is 0.416 e. The van der Waals surface area contributed by atoms with Crippen molar-refractivity contribution in [1.82, 2.24) is 4.98 Å². The smallest absolute Gasteiger partial charge is 0.390 e. The summed E-state index contributed by atoms with van der Waals surface area (Å²) in [6.07, 6.45) is -6.23. The van der Waals surface area contributed by atoms with Gasteiger partial charge in [-0.3, -0.25) is 4.98 Å². The Morgan fingerprint density at radius 3 is 2.68 bits per heavy atom. The van der Waals surface area contributed by atoms with Crippen molar-refractivity contribution in [3.8, 4) is 0 Å². The Morgan fingerprint density at radius 2 is 2.11 bits per heavy atom. The van der Waals surface area contributed by atoms with E-state index in [2.05, 4.69) is 15.0 Å². The van der Waals surface area contributed by atoms with Gasteiger partial charge in [0.05, 0.1) is 11.7 Å². The van der Waals surface area contributed by atoms with Gasteiger partial charge in [0.2, 0.25) is 0 Å².